The van der Waals surface area contributed by atoms with Crippen molar-refractivity contribution >= 4 is 27.8 Å². The Labute approximate surface area is 133 Å². The summed E-state index contributed by atoms with van der Waals surface area (Å²) in [6.07, 6.45) is 3.16. The number of hydrogen-bond acceptors (Lipinski definition) is 3. The van der Waals surface area contributed by atoms with E-state index in [0.29, 0.717) is 5.56 Å². The quantitative estimate of drug-likeness (QED) is 0.782. The van der Waals surface area contributed by atoms with Gasteiger partial charge in [-0.15, -0.1) is 0 Å². The molecule has 2 rings (SSSR count). The molecule has 0 radical (unpaired) electrons. The van der Waals surface area contributed by atoms with Gasteiger partial charge in [-0.1, -0.05) is 15.9 Å². The van der Waals surface area contributed by atoms with E-state index in [-0.39, 0.29) is 24.6 Å². The van der Waals surface area contributed by atoms with Crippen molar-refractivity contribution in [1.82, 2.24) is 4.90 Å². The molecule has 0 saturated carbocycles. The number of nitrogens with zero attached hydrogens (tertiary/aromatic N) is 1. The van der Waals surface area contributed by atoms with Crippen LogP contribution < -0.4 is 0 Å². The second kappa shape index (κ2) is 7.07. The lowest BCUT2D eigenvalue weighted by molar-refractivity contribution is -0.140. The zero-order valence-electron chi connectivity index (χ0n) is 12.3. The Morgan fingerprint density at radius 3 is 2.33 bits per heavy atom. The highest BCUT2D eigenvalue weighted by molar-refractivity contribution is 9.10. The fourth-order valence-electron chi connectivity index (χ4n) is 2.78. The van der Waals surface area contributed by atoms with Crippen LogP contribution in [0.4, 0.5) is 0 Å². The van der Waals surface area contributed by atoms with Crippen LogP contribution in [-0.4, -0.2) is 35.5 Å². The van der Waals surface area contributed by atoms with Crippen LogP contribution in [-0.2, 0) is 9.53 Å². The van der Waals surface area contributed by atoms with Gasteiger partial charge in [0.2, 0.25) is 0 Å². The third-order valence-corrected chi connectivity index (χ3v) is 4.42. The summed E-state index contributed by atoms with van der Waals surface area (Å²) >= 11 is 3.31. The lowest BCUT2D eigenvalue weighted by Crippen LogP contribution is -2.49. The van der Waals surface area contributed by atoms with E-state index in [0.717, 1.165) is 23.7 Å². The molecule has 1 amide bonds. The van der Waals surface area contributed by atoms with Crippen LogP contribution in [0.5, 0.6) is 0 Å². The molecule has 1 aromatic carbocycles. The van der Waals surface area contributed by atoms with Crippen molar-refractivity contribution in [3.8, 4) is 0 Å². The van der Waals surface area contributed by atoms with Crippen LogP contribution >= 0.6 is 15.9 Å². The molecular weight excluding hydrogens is 334 g/mol. The van der Waals surface area contributed by atoms with E-state index in [2.05, 4.69) is 15.9 Å². The summed E-state index contributed by atoms with van der Waals surface area (Å²) in [6.45, 7) is 3.90. The van der Waals surface area contributed by atoms with Gasteiger partial charge in [0, 0.05) is 16.6 Å². The lowest BCUT2D eigenvalue weighted by atomic mass is 9.97. The molecule has 1 aromatic rings. The van der Waals surface area contributed by atoms with Crippen molar-refractivity contribution in [2.75, 3.05) is 6.61 Å². The third kappa shape index (κ3) is 4.06. The maximum Gasteiger partial charge on any atom is 0.338 e. The monoisotopic (exact) mass is 353 g/mol. The average Bonchev–Trinajstić information content (AvgIpc) is 2.45. The summed E-state index contributed by atoms with van der Waals surface area (Å²) < 4.78 is 6.03. The van der Waals surface area contributed by atoms with Crippen LogP contribution in [0.2, 0.25) is 0 Å². The van der Waals surface area contributed by atoms with Gasteiger partial charge in [-0.05, 0) is 57.4 Å². The van der Waals surface area contributed by atoms with Gasteiger partial charge in [-0.25, -0.2) is 4.79 Å². The number of benzene rings is 1. The van der Waals surface area contributed by atoms with Crippen LogP contribution in [0.15, 0.2) is 28.7 Å². The van der Waals surface area contributed by atoms with Gasteiger partial charge in [0.25, 0.3) is 5.91 Å². The molecule has 114 valence electrons. The number of esters is 1. The second-order valence-corrected chi connectivity index (χ2v) is 6.43. The molecule has 21 heavy (non-hydrogen) atoms. The Bertz CT molecular complexity index is 505. The first kappa shape index (κ1) is 16.0. The molecular formula is C16H20BrNO3. The van der Waals surface area contributed by atoms with E-state index < -0.39 is 5.97 Å². The Morgan fingerprint density at radius 2 is 1.76 bits per heavy atom. The van der Waals surface area contributed by atoms with Crippen LogP contribution in [0.3, 0.4) is 0 Å². The summed E-state index contributed by atoms with van der Waals surface area (Å²) in [5, 5.41) is 0. The topological polar surface area (TPSA) is 46.6 Å². The van der Waals surface area contributed by atoms with E-state index >= 15 is 0 Å². The molecule has 5 heteroatoms. The highest BCUT2D eigenvalue weighted by Gasteiger charge is 2.29. The highest BCUT2D eigenvalue weighted by Crippen LogP contribution is 2.22. The minimum atomic E-state index is -0.465. The van der Waals surface area contributed by atoms with Crippen molar-refractivity contribution in [2.24, 2.45) is 0 Å². The first-order valence-electron chi connectivity index (χ1n) is 7.23. The fraction of sp³-hybridized carbons (Fsp3) is 0.500. The molecule has 0 N–H and O–H groups in total. The van der Waals surface area contributed by atoms with Gasteiger partial charge < -0.3 is 9.64 Å². The number of halogens is 1. The van der Waals surface area contributed by atoms with E-state index in [4.69, 9.17) is 4.74 Å². The fourth-order valence-corrected chi connectivity index (χ4v) is 3.05. The van der Waals surface area contributed by atoms with Crippen molar-refractivity contribution in [2.45, 2.75) is 45.2 Å². The van der Waals surface area contributed by atoms with Gasteiger partial charge in [-0.3, -0.25) is 4.79 Å². The maximum absolute atomic E-state index is 12.3. The molecule has 0 aliphatic carbocycles. The smallest absolute Gasteiger partial charge is 0.338 e. The average molecular weight is 354 g/mol. The zero-order valence-corrected chi connectivity index (χ0v) is 13.9. The van der Waals surface area contributed by atoms with Crippen LogP contribution in [0.25, 0.3) is 0 Å². The maximum atomic E-state index is 12.3. The number of rotatable bonds is 3. The molecule has 1 aliphatic rings. The number of hydrogen-bond donors (Lipinski definition) is 0. The molecule has 0 unspecified atom stereocenters. The molecule has 0 spiro atoms. The summed E-state index contributed by atoms with van der Waals surface area (Å²) in [5.41, 5.74) is 0.450. The predicted octanol–water partition coefficient (Wildman–Crippen LogP) is 3.40. The zero-order chi connectivity index (χ0) is 15.4. The molecule has 1 saturated heterocycles. The standard InChI is InChI=1S/C16H20BrNO3/c1-11-4-3-5-12(2)18(11)15(19)10-21-16(20)13-6-8-14(17)9-7-13/h6-9,11-12H,3-5,10H2,1-2H3/t11-,12+. The van der Waals surface area contributed by atoms with Crippen LogP contribution in [0.1, 0.15) is 43.5 Å². The summed E-state index contributed by atoms with van der Waals surface area (Å²) in [4.78, 5) is 26.0. The SMILES string of the molecule is C[C@@H]1CCC[C@H](C)N1C(=O)COC(=O)c1ccc(Br)cc1. The predicted molar refractivity (Wildman–Crippen MR) is 84.0 cm³/mol. The van der Waals surface area contributed by atoms with Gasteiger partial charge in [-0.2, -0.15) is 0 Å². The van der Waals surface area contributed by atoms with Gasteiger partial charge in [0.15, 0.2) is 6.61 Å². The largest absolute Gasteiger partial charge is 0.452 e. The number of carbonyl (C=O) groups excluding carboxylic acids is 2. The Balaban J connectivity index is 1.91. The number of likely N-dealkylation sites (tertiary alicyclic amines) is 1. The molecule has 0 aromatic heterocycles. The Morgan fingerprint density at radius 1 is 1.19 bits per heavy atom. The summed E-state index contributed by atoms with van der Waals surface area (Å²) in [6, 6.07) is 7.31. The minimum Gasteiger partial charge on any atom is -0.452 e. The normalized spacial score (nSPS) is 22.0. The molecule has 1 heterocycles. The highest BCUT2D eigenvalue weighted by atomic mass is 79.9. The van der Waals surface area contributed by atoms with Gasteiger partial charge >= 0.3 is 5.97 Å². The summed E-state index contributed by atoms with van der Waals surface area (Å²) in [5.74, 6) is -0.576. The Kier molecular flexibility index (Phi) is 5.39. The Hall–Kier alpha value is -1.36. The number of amides is 1. The second-order valence-electron chi connectivity index (χ2n) is 5.51. The van der Waals surface area contributed by atoms with E-state index in [1.807, 2.05) is 18.7 Å². The van der Waals surface area contributed by atoms with Crippen LogP contribution in [0, 0.1) is 0 Å². The van der Waals surface area contributed by atoms with E-state index in [1.54, 1.807) is 24.3 Å². The van der Waals surface area contributed by atoms with Crippen molar-refractivity contribution < 1.29 is 14.3 Å². The molecule has 2 atom stereocenters. The number of ether oxygens (including phenoxy) is 1. The van der Waals surface area contributed by atoms with Crippen molar-refractivity contribution in [1.29, 1.82) is 0 Å². The molecule has 4 nitrogen and oxygen atoms in total. The van der Waals surface area contributed by atoms with Gasteiger partial charge in [0.1, 0.15) is 0 Å². The molecule has 1 fully saturated rings. The van der Waals surface area contributed by atoms with Crippen molar-refractivity contribution in [3.05, 3.63) is 34.3 Å². The van der Waals surface area contributed by atoms with Crippen molar-refractivity contribution in [3.63, 3.8) is 0 Å². The number of piperidine rings is 1. The van der Waals surface area contributed by atoms with Gasteiger partial charge in [0.05, 0.1) is 5.56 Å². The molecule has 1 aliphatic heterocycles. The first-order valence-corrected chi connectivity index (χ1v) is 8.02. The minimum absolute atomic E-state index is 0.111. The summed E-state index contributed by atoms with van der Waals surface area (Å²) in [7, 11) is 0. The molecule has 0 bridgehead atoms. The first-order chi connectivity index (χ1) is 9.99. The van der Waals surface area contributed by atoms with E-state index in [1.165, 1.54) is 0 Å². The lowest BCUT2D eigenvalue weighted by Gasteiger charge is -2.38. The number of carbonyl (C=O) groups is 2. The third-order valence-electron chi connectivity index (χ3n) is 3.89. The van der Waals surface area contributed by atoms with E-state index in [9.17, 15) is 9.59 Å².